The van der Waals surface area contributed by atoms with Gasteiger partial charge in [0.1, 0.15) is 17.5 Å². The lowest BCUT2D eigenvalue weighted by molar-refractivity contribution is -0.116. The zero-order chi connectivity index (χ0) is 23.4. The van der Waals surface area contributed by atoms with Gasteiger partial charge < -0.3 is 25.3 Å². The van der Waals surface area contributed by atoms with Crippen LogP contribution < -0.4 is 15.1 Å². The second-order valence-electron chi connectivity index (χ2n) is 7.96. The summed E-state index contributed by atoms with van der Waals surface area (Å²) in [7, 11) is 0. The molecule has 0 saturated carbocycles. The van der Waals surface area contributed by atoms with E-state index in [1.807, 2.05) is 43.3 Å². The van der Waals surface area contributed by atoms with Crippen LogP contribution in [0.1, 0.15) is 26.3 Å². The van der Waals surface area contributed by atoms with Gasteiger partial charge in [-0.1, -0.05) is 12.1 Å². The molecule has 3 heterocycles. The van der Waals surface area contributed by atoms with Crippen LogP contribution in [0.5, 0.6) is 0 Å². The second-order valence-corrected chi connectivity index (χ2v) is 7.96. The molecule has 1 aliphatic heterocycles. The number of carbonyl (C=O) groups excluding carboxylic acids is 1. The van der Waals surface area contributed by atoms with E-state index >= 15 is 0 Å². The zero-order valence-electron chi connectivity index (χ0n) is 19.1. The van der Waals surface area contributed by atoms with Gasteiger partial charge in [-0.3, -0.25) is 9.89 Å². The van der Waals surface area contributed by atoms with E-state index in [1.165, 1.54) is 6.21 Å². The predicted octanol–water partition coefficient (Wildman–Crippen LogP) is 3.81. The summed E-state index contributed by atoms with van der Waals surface area (Å²) >= 11 is 0. The molecular formula is C24H29N7O2. The summed E-state index contributed by atoms with van der Waals surface area (Å²) < 4.78 is 5.61. The SMILES string of the molecule is CCN(C(C)=O)c1ccc(-c2cc(N3CCOC[C@H]3C)nc(Nc3ccn[nH]3)c2C=N)cc1. The highest BCUT2D eigenvalue weighted by molar-refractivity contribution is 5.97. The van der Waals surface area contributed by atoms with Crippen LogP contribution >= 0.6 is 0 Å². The molecule has 0 bridgehead atoms. The van der Waals surface area contributed by atoms with E-state index in [2.05, 4.69) is 27.3 Å². The molecule has 33 heavy (non-hydrogen) atoms. The highest BCUT2D eigenvalue weighted by Gasteiger charge is 2.23. The van der Waals surface area contributed by atoms with Crippen molar-refractivity contribution in [2.75, 3.05) is 41.4 Å². The van der Waals surface area contributed by atoms with E-state index < -0.39 is 0 Å². The van der Waals surface area contributed by atoms with Crippen LogP contribution in [0.2, 0.25) is 0 Å². The maximum atomic E-state index is 11.9. The molecule has 1 aromatic carbocycles. The standard InChI is InChI=1S/C24H29N7O2/c1-4-30(17(3)32)19-7-5-18(6-8-19)20-13-23(31-11-12-33-15-16(31)2)28-24(21(20)14-25)27-22-9-10-26-29-22/h5-10,13-14,16,25H,4,11-12,15H2,1-3H3,(H2,26,27,28,29)/t16-/m1/s1. The highest BCUT2D eigenvalue weighted by Crippen LogP contribution is 2.34. The lowest BCUT2D eigenvalue weighted by Gasteiger charge is -2.35. The Balaban J connectivity index is 1.80. The van der Waals surface area contributed by atoms with Crippen molar-refractivity contribution in [1.29, 1.82) is 5.41 Å². The fraction of sp³-hybridized carbons (Fsp3) is 0.333. The smallest absolute Gasteiger partial charge is 0.223 e. The summed E-state index contributed by atoms with van der Waals surface area (Å²) in [6.07, 6.45) is 2.98. The number of hydrogen-bond donors (Lipinski definition) is 3. The van der Waals surface area contributed by atoms with Gasteiger partial charge in [0, 0.05) is 43.5 Å². The summed E-state index contributed by atoms with van der Waals surface area (Å²) in [5.74, 6) is 2.09. The van der Waals surface area contributed by atoms with Crippen molar-refractivity contribution in [3.63, 3.8) is 0 Å². The average Bonchev–Trinajstić information content (AvgIpc) is 3.33. The first-order valence-electron chi connectivity index (χ1n) is 11.1. The number of ether oxygens (including phenoxy) is 1. The van der Waals surface area contributed by atoms with Crippen LogP contribution in [0, 0.1) is 5.41 Å². The number of benzene rings is 1. The minimum Gasteiger partial charge on any atom is -0.377 e. The number of rotatable bonds is 7. The first kappa shape index (κ1) is 22.5. The van der Waals surface area contributed by atoms with Crippen molar-refractivity contribution in [2.45, 2.75) is 26.8 Å². The molecule has 0 radical (unpaired) electrons. The Kier molecular flexibility index (Phi) is 6.69. The van der Waals surface area contributed by atoms with Crippen LogP contribution in [-0.4, -0.2) is 59.6 Å². The molecule has 1 atom stereocenters. The Morgan fingerprint density at radius 2 is 2.15 bits per heavy atom. The summed E-state index contributed by atoms with van der Waals surface area (Å²) in [5.41, 5.74) is 3.33. The topological polar surface area (TPSA) is 110 Å². The van der Waals surface area contributed by atoms with Gasteiger partial charge in [0.2, 0.25) is 5.91 Å². The molecule has 1 fully saturated rings. The molecule has 9 nitrogen and oxygen atoms in total. The van der Waals surface area contributed by atoms with E-state index in [4.69, 9.17) is 15.1 Å². The van der Waals surface area contributed by atoms with Gasteiger partial charge in [0.25, 0.3) is 0 Å². The third-order valence-corrected chi connectivity index (χ3v) is 5.79. The molecular weight excluding hydrogens is 418 g/mol. The van der Waals surface area contributed by atoms with Crippen molar-refractivity contribution >= 4 is 35.3 Å². The Morgan fingerprint density at radius 1 is 1.36 bits per heavy atom. The molecule has 1 saturated heterocycles. The summed E-state index contributed by atoms with van der Waals surface area (Å²) in [5, 5.41) is 18.3. The minimum atomic E-state index is 0.00368. The van der Waals surface area contributed by atoms with Crippen LogP contribution in [0.4, 0.5) is 23.1 Å². The third kappa shape index (κ3) is 4.73. The highest BCUT2D eigenvalue weighted by atomic mass is 16.5. The number of pyridine rings is 1. The molecule has 3 N–H and O–H groups in total. The Labute approximate surface area is 193 Å². The molecule has 9 heteroatoms. The van der Waals surface area contributed by atoms with E-state index in [9.17, 15) is 4.79 Å². The molecule has 0 aliphatic carbocycles. The summed E-state index contributed by atoms with van der Waals surface area (Å²) in [4.78, 5) is 20.7. The number of nitrogens with zero attached hydrogens (tertiary/aromatic N) is 4. The zero-order valence-corrected chi connectivity index (χ0v) is 19.1. The van der Waals surface area contributed by atoms with Gasteiger partial charge in [0.15, 0.2) is 0 Å². The summed E-state index contributed by atoms with van der Waals surface area (Å²) in [6, 6.07) is 11.9. The van der Waals surface area contributed by atoms with Crippen LogP contribution in [0.25, 0.3) is 11.1 Å². The van der Waals surface area contributed by atoms with Crippen molar-refractivity contribution < 1.29 is 9.53 Å². The molecule has 1 aliphatic rings. The Hall–Kier alpha value is -3.72. The molecule has 0 unspecified atom stereocenters. The molecule has 172 valence electrons. The summed E-state index contributed by atoms with van der Waals surface area (Å²) in [6.45, 7) is 8.26. The number of H-pyrrole nitrogens is 1. The molecule has 2 aromatic heterocycles. The molecule has 0 spiro atoms. The van der Waals surface area contributed by atoms with E-state index in [1.54, 1.807) is 18.0 Å². The molecule has 3 aromatic rings. The van der Waals surface area contributed by atoms with Crippen LogP contribution in [0.15, 0.2) is 42.6 Å². The Bertz CT molecular complexity index is 1110. The number of morpholine rings is 1. The average molecular weight is 448 g/mol. The van der Waals surface area contributed by atoms with E-state index in [0.29, 0.717) is 37.0 Å². The van der Waals surface area contributed by atoms with Gasteiger partial charge in [0.05, 0.1) is 25.5 Å². The first-order chi connectivity index (χ1) is 16.0. The van der Waals surface area contributed by atoms with Crippen molar-refractivity contribution in [3.8, 4) is 11.1 Å². The van der Waals surface area contributed by atoms with Crippen molar-refractivity contribution in [3.05, 3.63) is 48.2 Å². The maximum Gasteiger partial charge on any atom is 0.223 e. The lowest BCUT2D eigenvalue weighted by atomic mass is 10.00. The van der Waals surface area contributed by atoms with Gasteiger partial charge in [-0.2, -0.15) is 5.10 Å². The number of carbonyl (C=O) groups is 1. The fourth-order valence-corrected chi connectivity index (χ4v) is 4.10. The fourth-order valence-electron chi connectivity index (χ4n) is 4.10. The Morgan fingerprint density at radius 3 is 2.76 bits per heavy atom. The first-order valence-corrected chi connectivity index (χ1v) is 11.1. The van der Waals surface area contributed by atoms with Gasteiger partial charge in [-0.05, 0) is 43.2 Å². The largest absolute Gasteiger partial charge is 0.377 e. The maximum absolute atomic E-state index is 11.9. The minimum absolute atomic E-state index is 0.00368. The molecule has 4 rings (SSSR count). The van der Waals surface area contributed by atoms with Gasteiger partial charge in [-0.25, -0.2) is 4.98 Å². The van der Waals surface area contributed by atoms with Crippen LogP contribution in [-0.2, 0) is 9.53 Å². The number of aromatic nitrogens is 3. The molecule has 1 amide bonds. The quantitative estimate of drug-likeness (QED) is 0.475. The normalized spacial score (nSPS) is 15.8. The number of aromatic amines is 1. The number of nitrogens with one attached hydrogen (secondary N) is 3. The lowest BCUT2D eigenvalue weighted by Crippen LogP contribution is -2.44. The number of hydrogen-bond acceptors (Lipinski definition) is 7. The van der Waals surface area contributed by atoms with E-state index in [0.717, 1.165) is 29.2 Å². The van der Waals surface area contributed by atoms with Crippen molar-refractivity contribution in [2.24, 2.45) is 0 Å². The number of amides is 1. The monoisotopic (exact) mass is 447 g/mol. The van der Waals surface area contributed by atoms with Gasteiger partial charge in [-0.15, -0.1) is 0 Å². The van der Waals surface area contributed by atoms with E-state index in [-0.39, 0.29) is 11.9 Å². The predicted molar refractivity (Wildman–Crippen MR) is 131 cm³/mol. The third-order valence-electron chi connectivity index (χ3n) is 5.79. The van der Waals surface area contributed by atoms with Crippen molar-refractivity contribution in [1.82, 2.24) is 15.2 Å². The van der Waals surface area contributed by atoms with Crippen LogP contribution in [0.3, 0.4) is 0 Å². The second kappa shape index (κ2) is 9.83. The number of anilines is 4. The van der Waals surface area contributed by atoms with Gasteiger partial charge >= 0.3 is 0 Å².